The van der Waals surface area contributed by atoms with Gasteiger partial charge in [0, 0.05) is 23.8 Å². The summed E-state index contributed by atoms with van der Waals surface area (Å²) in [6, 6.07) is 7.56. The van der Waals surface area contributed by atoms with Gasteiger partial charge in [0.15, 0.2) is 4.80 Å². The molecule has 1 aromatic heterocycles. The zero-order valence-electron chi connectivity index (χ0n) is 8.77. The van der Waals surface area contributed by atoms with Gasteiger partial charge in [0.25, 0.3) is 0 Å². The van der Waals surface area contributed by atoms with Gasteiger partial charge in [0.1, 0.15) is 0 Å². The van der Waals surface area contributed by atoms with Crippen molar-refractivity contribution in [3.63, 3.8) is 0 Å². The molecule has 0 unspecified atom stereocenters. The standard InChI is InChI=1S/C11H13N3S/c1-8-7-14(2)11(15-8)13-10-5-3-9(12)4-6-10/h3-7H,12H2,1-2H3. The second kappa shape index (κ2) is 3.90. The SMILES string of the molecule is Cc1cn(C)c(=Nc2ccc(N)cc2)s1. The smallest absolute Gasteiger partial charge is 0.189 e. The highest BCUT2D eigenvalue weighted by atomic mass is 32.1. The van der Waals surface area contributed by atoms with E-state index < -0.39 is 0 Å². The van der Waals surface area contributed by atoms with Crippen molar-refractivity contribution in [2.75, 3.05) is 5.73 Å². The number of aryl methyl sites for hydroxylation is 2. The Morgan fingerprint density at radius 1 is 1.27 bits per heavy atom. The number of thiazole rings is 1. The Labute approximate surface area is 92.5 Å². The first kappa shape index (κ1) is 9.98. The minimum Gasteiger partial charge on any atom is -0.399 e. The molecular weight excluding hydrogens is 206 g/mol. The van der Waals surface area contributed by atoms with Crippen LogP contribution in [0.3, 0.4) is 0 Å². The summed E-state index contributed by atoms with van der Waals surface area (Å²) in [5.41, 5.74) is 7.31. The second-order valence-electron chi connectivity index (χ2n) is 3.44. The Bertz CT molecular complexity index is 520. The topological polar surface area (TPSA) is 43.3 Å². The van der Waals surface area contributed by atoms with Crippen molar-refractivity contribution in [2.45, 2.75) is 6.92 Å². The molecule has 0 saturated heterocycles. The zero-order valence-corrected chi connectivity index (χ0v) is 9.58. The van der Waals surface area contributed by atoms with Crippen LogP contribution in [0.2, 0.25) is 0 Å². The minimum atomic E-state index is 0.765. The second-order valence-corrected chi connectivity index (χ2v) is 4.65. The molecule has 0 atom stereocenters. The van der Waals surface area contributed by atoms with E-state index in [1.807, 2.05) is 35.9 Å². The van der Waals surface area contributed by atoms with E-state index in [2.05, 4.69) is 18.1 Å². The monoisotopic (exact) mass is 219 g/mol. The molecular formula is C11H13N3S. The minimum absolute atomic E-state index is 0.765. The van der Waals surface area contributed by atoms with Crippen molar-refractivity contribution >= 4 is 22.7 Å². The largest absolute Gasteiger partial charge is 0.399 e. The fourth-order valence-electron chi connectivity index (χ4n) is 1.33. The van der Waals surface area contributed by atoms with Gasteiger partial charge in [0.05, 0.1) is 5.69 Å². The molecule has 4 heteroatoms. The lowest BCUT2D eigenvalue weighted by atomic mass is 10.3. The Kier molecular flexibility index (Phi) is 2.60. The van der Waals surface area contributed by atoms with E-state index in [-0.39, 0.29) is 0 Å². The third-order valence-corrected chi connectivity index (χ3v) is 3.04. The molecule has 1 aromatic carbocycles. The van der Waals surface area contributed by atoms with Gasteiger partial charge in [-0.2, -0.15) is 0 Å². The quantitative estimate of drug-likeness (QED) is 0.734. The van der Waals surface area contributed by atoms with Gasteiger partial charge in [-0.1, -0.05) is 0 Å². The first-order chi connectivity index (χ1) is 7.15. The van der Waals surface area contributed by atoms with E-state index in [4.69, 9.17) is 5.73 Å². The number of rotatable bonds is 1. The highest BCUT2D eigenvalue weighted by molar-refractivity contribution is 7.09. The molecule has 2 N–H and O–H groups in total. The van der Waals surface area contributed by atoms with Crippen LogP contribution in [0.4, 0.5) is 11.4 Å². The molecule has 0 spiro atoms. The maximum atomic E-state index is 5.61. The van der Waals surface area contributed by atoms with Crippen LogP contribution >= 0.6 is 11.3 Å². The van der Waals surface area contributed by atoms with Crippen molar-refractivity contribution < 1.29 is 0 Å². The normalized spacial score (nSPS) is 12.0. The van der Waals surface area contributed by atoms with Gasteiger partial charge in [0.2, 0.25) is 0 Å². The van der Waals surface area contributed by atoms with E-state index in [0.717, 1.165) is 16.2 Å². The summed E-state index contributed by atoms with van der Waals surface area (Å²) in [4.78, 5) is 6.78. The van der Waals surface area contributed by atoms with Gasteiger partial charge in [-0.05, 0) is 31.2 Å². The molecule has 0 fully saturated rings. The van der Waals surface area contributed by atoms with E-state index in [0.29, 0.717) is 0 Å². The van der Waals surface area contributed by atoms with Gasteiger partial charge >= 0.3 is 0 Å². The number of nitrogens with zero attached hydrogens (tertiary/aromatic N) is 2. The lowest BCUT2D eigenvalue weighted by Crippen LogP contribution is -2.07. The Hall–Kier alpha value is -1.55. The number of hydrogen-bond donors (Lipinski definition) is 1. The number of nitrogens with two attached hydrogens (primary N) is 1. The summed E-state index contributed by atoms with van der Waals surface area (Å²) in [6.45, 7) is 2.08. The molecule has 1 heterocycles. The maximum Gasteiger partial charge on any atom is 0.189 e. The zero-order chi connectivity index (χ0) is 10.8. The molecule has 2 aromatic rings. The highest BCUT2D eigenvalue weighted by Crippen LogP contribution is 2.13. The van der Waals surface area contributed by atoms with Gasteiger partial charge < -0.3 is 10.3 Å². The molecule has 3 nitrogen and oxygen atoms in total. The van der Waals surface area contributed by atoms with E-state index in [9.17, 15) is 0 Å². The predicted molar refractivity (Wildman–Crippen MR) is 64.1 cm³/mol. The van der Waals surface area contributed by atoms with Crippen LogP contribution in [0.1, 0.15) is 4.88 Å². The highest BCUT2D eigenvalue weighted by Gasteiger charge is 1.94. The first-order valence-electron chi connectivity index (χ1n) is 4.68. The van der Waals surface area contributed by atoms with Crippen LogP contribution in [-0.2, 0) is 7.05 Å². The maximum absolute atomic E-state index is 5.61. The summed E-state index contributed by atoms with van der Waals surface area (Å²) in [6.07, 6.45) is 2.07. The van der Waals surface area contributed by atoms with Crippen molar-refractivity contribution in [1.29, 1.82) is 0 Å². The molecule has 0 radical (unpaired) electrons. The molecule has 0 aliphatic heterocycles. The predicted octanol–water partition coefficient (Wildman–Crippen LogP) is 2.21. The van der Waals surface area contributed by atoms with E-state index in [1.165, 1.54) is 4.88 Å². The van der Waals surface area contributed by atoms with Crippen molar-refractivity contribution in [3.05, 3.63) is 40.1 Å². The molecule has 78 valence electrons. The summed E-state index contributed by atoms with van der Waals surface area (Å²) in [5, 5.41) is 0. The van der Waals surface area contributed by atoms with E-state index >= 15 is 0 Å². The summed E-state index contributed by atoms with van der Waals surface area (Å²) in [5.74, 6) is 0. The average Bonchev–Trinajstić information content (AvgIpc) is 2.49. The summed E-state index contributed by atoms with van der Waals surface area (Å²) < 4.78 is 2.02. The van der Waals surface area contributed by atoms with Crippen LogP contribution in [0.5, 0.6) is 0 Å². The lowest BCUT2D eigenvalue weighted by Gasteiger charge is -1.94. The van der Waals surface area contributed by atoms with Gasteiger partial charge in [-0.25, -0.2) is 4.99 Å². The van der Waals surface area contributed by atoms with Crippen LogP contribution in [0.15, 0.2) is 35.5 Å². The summed E-state index contributed by atoms with van der Waals surface area (Å²) >= 11 is 1.68. The van der Waals surface area contributed by atoms with Crippen LogP contribution < -0.4 is 10.5 Å². The number of aromatic nitrogens is 1. The average molecular weight is 219 g/mol. The molecule has 0 bridgehead atoms. The number of hydrogen-bond acceptors (Lipinski definition) is 3. The molecule has 0 aliphatic rings. The number of anilines is 1. The fourth-order valence-corrected chi connectivity index (χ4v) is 2.18. The van der Waals surface area contributed by atoms with E-state index in [1.54, 1.807) is 11.3 Å². The Morgan fingerprint density at radius 3 is 2.47 bits per heavy atom. The third kappa shape index (κ3) is 2.27. The number of nitrogen functional groups attached to an aromatic ring is 1. The lowest BCUT2D eigenvalue weighted by molar-refractivity contribution is 0.870. The molecule has 0 saturated carbocycles. The third-order valence-electron chi connectivity index (χ3n) is 2.05. The van der Waals surface area contributed by atoms with Crippen LogP contribution in [-0.4, -0.2) is 4.57 Å². The Morgan fingerprint density at radius 2 is 1.93 bits per heavy atom. The van der Waals surface area contributed by atoms with Crippen LogP contribution in [0.25, 0.3) is 0 Å². The number of benzene rings is 1. The van der Waals surface area contributed by atoms with Gasteiger partial charge in [-0.3, -0.25) is 0 Å². The molecule has 0 aliphatic carbocycles. The van der Waals surface area contributed by atoms with Gasteiger partial charge in [-0.15, -0.1) is 11.3 Å². The van der Waals surface area contributed by atoms with Crippen molar-refractivity contribution in [1.82, 2.24) is 4.57 Å². The Balaban J connectivity index is 2.46. The summed E-state index contributed by atoms with van der Waals surface area (Å²) in [7, 11) is 2.00. The van der Waals surface area contributed by atoms with Crippen molar-refractivity contribution in [2.24, 2.45) is 12.0 Å². The van der Waals surface area contributed by atoms with Crippen LogP contribution in [0, 0.1) is 6.92 Å². The fraction of sp³-hybridized carbons (Fsp3) is 0.182. The van der Waals surface area contributed by atoms with Crippen molar-refractivity contribution in [3.8, 4) is 0 Å². The molecule has 2 rings (SSSR count). The molecule has 0 amide bonds. The first-order valence-corrected chi connectivity index (χ1v) is 5.50. The molecule has 15 heavy (non-hydrogen) atoms.